The second-order valence-electron chi connectivity index (χ2n) is 3.07. The molecule has 2 N–H and O–H groups in total. The fourth-order valence-electron chi connectivity index (χ4n) is 1.26. The number of aliphatic hydroxyl groups is 1. The minimum atomic E-state index is 0.0380. The molecular formula is C11H10ClNOS. The molecule has 4 heteroatoms. The number of halogens is 1. The molecule has 1 aromatic heterocycles. The van der Waals surface area contributed by atoms with Crippen LogP contribution in [0, 0.1) is 0 Å². The summed E-state index contributed by atoms with van der Waals surface area (Å²) in [5.74, 6) is 0. The van der Waals surface area contributed by atoms with Crippen LogP contribution in [0.3, 0.4) is 0 Å². The van der Waals surface area contributed by atoms with E-state index in [2.05, 4.69) is 5.32 Å². The third kappa shape index (κ3) is 2.31. The average Bonchev–Trinajstić information content (AvgIpc) is 2.69. The maximum Gasteiger partial charge on any atom is 0.0710 e. The van der Waals surface area contributed by atoms with E-state index in [4.69, 9.17) is 16.7 Å². The van der Waals surface area contributed by atoms with Gasteiger partial charge in [0.2, 0.25) is 0 Å². The highest BCUT2D eigenvalue weighted by molar-refractivity contribution is 7.08. The Balaban J connectivity index is 2.26. The fourth-order valence-corrected chi connectivity index (χ4v) is 2.23. The second-order valence-corrected chi connectivity index (χ2v) is 4.22. The lowest BCUT2D eigenvalue weighted by Gasteiger charge is -2.07. The highest BCUT2D eigenvalue weighted by atomic mass is 35.5. The summed E-state index contributed by atoms with van der Waals surface area (Å²) >= 11 is 7.57. The van der Waals surface area contributed by atoms with Gasteiger partial charge in [0.15, 0.2) is 0 Å². The molecule has 1 heterocycles. The molecule has 0 amide bonds. The van der Waals surface area contributed by atoms with E-state index in [9.17, 15) is 0 Å². The van der Waals surface area contributed by atoms with E-state index < -0.39 is 0 Å². The first-order valence-electron chi connectivity index (χ1n) is 4.48. The number of anilines is 2. The molecular weight excluding hydrogens is 230 g/mol. The summed E-state index contributed by atoms with van der Waals surface area (Å²) in [6.45, 7) is 0.0380. The highest BCUT2D eigenvalue weighted by Crippen LogP contribution is 2.28. The van der Waals surface area contributed by atoms with E-state index in [0.29, 0.717) is 5.02 Å². The van der Waals surface area contributed by atoms with Gasteiger partial charge >= 0.3 is 0 Å². The molecule has 0 spiro atoms. The lowest BCUT2D eigenvalue weighted by Crippen LogP contribution is -1.93. The normalized spacial score (nSPS) is 10.3. The Morgan fingerprint density at radius 1 is 1.20 bits per heavy atom. The minimum absolute atomic E-state index is 0.0380. The van der Waals surface area contributed by atoms with Crippen LogP contribution in [-0.4, -0.2) is 5.11 Å². The summed E-state index contributed by atoms with van der Waals surface area (Å²) in [6, 6.07) is 7.53. The number of aliphatic hydroxyl groups excluding tert-OH is 1. The molecule has 2 rings (SSSR count). The Morgan fingerprint density at radius 2 is 2.00 bits per heavy atom. The zero-order valence-corrected chi connectivity index (χ0v) is 9.48. The molecule has 0 saturated heterocycles. The lowest BCUT2D eigenvalue weighted by molar-refractivity contribution is 0.283. The number of benzene rings is 1. The van der Waals surface area contributed by atoms with E-state index >= 15 is 0 Å². The van der Waals surface area contributed by atoms with Gasteiger partial charge in [0, 0.05) is 10.9 Å². The van der Waals surface area contributed by atoms with Crippen molar-refractivity contribution >= 4 is 34.3 Å². The predicted molar refractivity (Wildman–Crippen MR) is 65.0 cm³/mol. The zero-order valence-electron chi connectivity index (χ0n) is 7.90. The van der Waals surface area contributed by atoms with Gasteiger partial charge in [-0.05, 0) is 17.5 Å². The molecule has 0 aliphatic rings. The Kier molecular flexibility index (Phi) is 3.26. The number of nitrogens with one attached hydrogen (secondary N) is 1. The monoisotopic (exact) mass is 239 g/mol. The Bertz CT molecular complexity index is 455. The van der Waals surface area contributed by atoms with E-state index in [-0.39, 0.29) is 6.61 Å². The average molecular weight is 240 g/mol. The molecule has 0 bridgehead atoms. The summed E-state index contributed by atoms with van der Waals surface area (Å²) in [7, 11) is 0. The molecule has 0 aliphatic heterocycles. The fraction of sp³-hybridized carbons (Fsp3) is 0.0909. The van der Waals surface area contributed by atoms with Gasteiger partial charge in [0.1, 0.15) is 0 Å². The molecule has 1 aromatic carbocycles. The van der Waals surface area contributed by atoms with Gasteiger partial charge in [-0.15, -0.1) is 11.3 Å². The SMILES string of the molecule is OCc1cscc1Nc1ccccc1Cl. The van der Waals surface area contributed by atoms with Crippen molar-refractivity contribution in [3.05, 3.63) is 45.6 Å². The predicted octanol–water partition coefficient (Wildman–Crippen LogP) is 3.64. The topological polar surface area (TPSA) is 32.3 Å². The molecule has 2 aromatic rings. The molecule has 15 heavy (non-hydrogen) atoms. The smallest absolute Gasteiger partial charge is 0.0710 e. The van der Waals surface area contributed by atoms with Crippen LogP contribution in [0.4, 0.5) is 11.4 Å². The summed E-state index contributed by atoms with van der Waals surface area (Å²) in [5, 5.41) is 16.8. The zero-order chi connectivity index (χ0) is 10.7. The largest absolute Gasteiger partial charge is 0.392 e. The summed E-state index contributed by atoms with van der Waals surface area (Å²) in [5.41, 5.74) is 2.66. The second kappa shape index (κ2) is 4.66. The van der Waals surface area contributed by atoms with Crippen LogP contribution in [0.2, 0.25) is 5.02 Å². The minimum Gasteiger partial charge on any atom is -0.392 e. The van der Waals surface area contributed by atoms with Crippen LogP contribution < -0.4 is 5.32 Å². The van der Waals surface area contributed by atoms with Crippen LogP contribution in [-0.2, 0) is 6.61 Å². The van der Waals surface area contributed by atoms with Crippen LogP contribution in [0.5, 0.6) is 0 Å². The number of hydrogen-bond acceptors (Lipinski definition) is 3. The van der Waals surface area contributed by atoms with Crippen LogP contribution in [0.25, 0.3) is 0 Å². The van der Waals surface area contributed by atoms with Crippen LogP contribution in [0.1, 0.15) is 5.56 Å². The standard InChI is InChI=1S/C11H10ClNOS/c12-9-3-1-2-4-10(9)13-11-7-15-6-8(11)5-14/h1-4,6-7,13-14H,5H2. The maximum atomic E-state index is 9.09. The first-order chi connectivity index (χ1) is 7.31. The Hall–Kier alpha value is -1.03. The summed E-state index contributed by atoms with van der Waals surface area (Å²) < 4.78 is 0. The van der Waals surface area contributed by atoms with E-state index in [0.717, 1.165) is 16.9 Å². The van der Waals surface area contributed by atoms with Crippen molar-refractivity contribution in [3.8, 4) is 0 Å². The summed E-state index contributed by atoms with van der Waals surface area (Å²) in [4.78, 5) is 0. The number of thiophene rings is 1. The Labute approximate surface area is 97.1 Å². The van der Waals surface area contributed by atoms with Crippen molar-refractivity contribution in [3.63, 3.8) is 0 Å². The number of hydrogen-bond donors (Lipinski definition) is 2. The van der Waals surface area contributed by atoms with Crippen LogP contribution in [0.15, 0.2) is 35.0 Å². The highest BCUT2D eigenvalue weighted by Gasteiger charge is 2.04. The van der Waals surface area contributed by atoms with Gasteiger partial charge in [-0.25, -0.2) is 0 Å². The van der Waals surface area contributed by atoms with Gasteiger partial charge in [-0.3, -0.25) is 0 Å². The van der Waals surface area contributed by atoms with Crippen molar-refractivity contribution in [2.24, 2.45) is 0 Å². The van der Waals surface area contributed by atoms with Crippen molar-refractivity contribution in [1.29, 1.82) is 0 Å². The van der Waals surface area contributed by atoms with Gasteiger partial charge < -0.3 is 10.4 Å². The van der Waals surface area contributed by atoms with Crippen LogP contribution >= 0.6 is 22.9 Å². The lowest BCUT2D eigenvalue weighted by atomic mass is 10.2. The molecule has 0 radical (unpaired) electrons. The van der Waals surface area contributed by atoms with Crippen molar-refractivity contribution in [1.82, 2.24) is 0 Å². The molecule has 0 aliphatic carbocycles. The van der Waals surface area contributed by atoms with E-state index in [1.807, 2.05) is 35.0 Å². The van der Waals surface area contributed by atoms with Gasteiger partial charge in [-0.1, -0.05) is 23.7 Å². The quantitative estimate of drug-likeness (QED) is 0.857. The molecule has 2 nitrogen and oxygen atoms in total. The summed E-state index contributed by atoms with van der Waals surface area (Å²) in [6.07, 6.45) is 0. The molecule has 0 unspecified atom stereocenters. The molecule has 0 saturated carbocycles. The van der Waals surface area contributed by atoms with E-state index in [1.54, 1.807) is 11.3 Å². The number of para-hydroxylation sites is 1. The third-order valence-electron chi connectivity index (χ3n) is 2.06. The first-order valence-corrected chi connectivity index (χ1v) is 5.81. The third-order valence-corrected chi connectivity index (χ3v) is 3.18. The first kappa shape index (κ1) is 10.5. The van der Waals surface area contributed by atoms with Gasteiger partial charge in [-0.2, -0.15) is 0 Å². The van der Waals surface area contributed by atoms with Crippen molar-refractivity contribution in [2.45, 2.75) is 6.61 Å². The van der Waals surface area contributed by atoms with Crippen molar-refractivity contribution in [2.75, 3.05) is 5.32 Å². The van der Waals surface area contributed by atoms with Gasteiger partial charge in [0.25, 0.3) is 0 Å². The van der Waals surface area contributed by atoms with E-state index in [1.165, 1.54) is 0 Å². The van der Waals surface area contributed by atoms with Gasteiger partial charge in [0.05, 0.1) is 23.0 Å². The maximum absolute atomic E-state index is 9.09. The molecule has 78 valence electrons. The van der Waals surface area contributed by atoms with Crippen molar-refractivity contribution < 1.29 is 5.11 Å². The molecule has 0 fully saturated rings. The molecule has 0 atom stereocenters. The number of rotatable bonds is 3. The Morgan fingerprint density at radius 3 is 2.73 bits per heavy atom.